The topological polar surface area (TPSA) is 62.3 Å². The zero-order valence-electron chi connectivity index (χ0n) is 14.9. The summed E-state index contributed by atoms with van der Waals surface area (Å²) in [4.78, 5) is 34.0. The van der Waals surface area contributed by atoms with Gasteiger partial charge in [-0.1, -0.05) is 17.8 Å². The Hall–Kier alpha value is -2.64. The van der Waals surface area contributed by atoms with Gasteiger partial charge in [-0.3, -0.25) is 9.59 Å². The number of benzene rings is 1. The second-order valence-electron chi connectivity index (χ2n) is 6.81. The maximum atomic E-state index is 13.1. The fraction of sp³-hybridized carbons (Fsp3) is 0.190. The highest BCUT2D eigenvalue weighted by Gasteiger charge is 2.38. The molecule has 1 aliphatic carbocycles. The summed E-state index contributed by atoms with van der Waals surface area (Å²) >= 11 is 3.07. The Labute approximate surface area is 170 Å². The molecule has 0 radical (unpaired) electrons. The number of pyridine rings is 1. The van der Waals surface area contributed by atoms with Crippen LogP contribution in [-0.2, 0) is 6.54 Å². The molecule has 5 nitrogen and oxygen atoms in total. The fourth-order valence-electron chi connectivity index (χ4n) is 3.29. The van der Waals surface area contributed by atoms with Crippen LogP contribution in [0.2, 0.25) is 0 Å². The molecule has 1 fully saturated rings. The minimum Gasteiger partial charge on any atom is -0.347 e. The number of nitrogens with zero attached hydrogens (tertiary/aromatic N) is 2. The first-order valence-corrected chi connectivity index (χ1v) is 10.8. The van der Waals surface area contributed by atoms with Crippen molar-refractivity contribution >= 4 is 40.6 Å². The van der Waals surface area contributed by atoms with Crippen LogP contribution in [0.3, 0.4) is 0 Å². The molecule has 5 rings (SSSR count). The molecular formula is C21H17N3O2S2. The number of hydrogen-bond acceptors (Lipinski definition) is 5. The summed E-state index contributed by atoms with van der Waals surface area (Å²) in [6.45, 7) is 0.512. The van der Waals surface area contributed by atoms with Crippen LogP contribution in [0.25, 0.3) is 0 Å². The van der Waals surface area contributed by atoms with E-state index >= 15 is 0 Å². The lowest BCUT2D eigenvalue weighted by atomic mass is 10.1. The maximum absolute atomic E-state index is 13.1. The van der Waals surface area contributed by atoms with Gasteiger partial charge in [-0.05, 0) is 54.6 Å². The predicted molar refractivity (Wildman–Crippen MR) is 110 cm³/mol. The normalized spacial score (nSPS) is 15.6. The van der Waals surface area contributed by atoms with Gasteiger partial charge in [-0.25, -0.2) is 4.98 Å². The smallest absolute Gasteiger partial charge is 0.261 e. The number of anilines is 1. The van der Waals surface area contributed by atoms with E-state index in [1.807, 2.05) is 40.6 Å². The van der Waals surface area contributed by atoms with Crippen molar-refractivity contribution in [3.63, 3.8) is 0 Å². The number of nitrogens with one attached hydrogen (secondary N) is 1. The molecule has 2 amide bonds. The monoisotopic (exact) mass is 407 g/mol. The number of carbonyl (C=O) groups is 2. The summed E-state index contributed by atoms with van der Waals surface area (Å²) in [6.07, 6.45) is 3.71. The molecule has 1 aromatic carbocycles. The second kappa shape index (κ2) is 7.07. The van der Waals surface area contributed by atoms with E-state index in [4.69, 9.17) is 0 Å². The van der Waals surface area contributed by atoms with E-state index in [-0.39, 0.29) is 17.9 Å². The van der Waals surface area contributed by atoms with Gasteiger partial charge in [-0.2, -0.15) is 0 Å². The summed E-state index contributed by atoms with van der Waals surface area (Å²) < 4.78 is 0. The first kappa shape index (κ1) is 17.5. The fourth-order valence-corrected chi connectivity index (χ4v) is 4.98. The van der Waals surface area contributed by atoms with Crippen LogP contribution in [0.1, 0.15) is 38.4 Å². The van der Waals surface area contributed by atoms with Gasteiger partial charge >= 0.3 is 0 Å². The zero-order valence-corrected chi connectivity index (χ0v) is 16.6. The molecule has 0 spiro atoms. The van der Waals surface area contributed by atoms with Gasteiger partial charge < -0.3 is 10.2 Å². The third-order valence-electron chi connectivity index (χ3n) is 4.82. The Kier molecular flexibility index (Phi) is 4.41. The summed E-state index contributed by atoms with van der Waals surface area (Å²) in [5.41, 5.74) is 2.08. The van der Waals surface area contributed by atoms with Crippen LogP contribution in [0.15, 0.2) is 64.0 Å². The third kappa shape index (κ3) is 3.21. The van der Waals surface area contributed by atoms with Crippen molar-refractivity contribution in [2.24, 2.45) is 0 Å². The van der Waals surface area contributed by atoms with Gasteiger partial charge in [0.15, 0.2) is 0 Å². The standard InChI is InChI=1S/C21H17N3O2S2/c25-19(23-12-15-3-2-10-27-15)13-5-8-17-18(11-13)28-20-16(4-1-9-22-20)21(26)24(17)14-6-7-14/h1-5,8-11,14H,6-7,12H2,(H,23,25). The molecule has 0 saturated heterocycles. The van der Waals surface area contributed by atoms with E-state index in [1.54, 1.807) is 29.7 Å². The van der Waals surface area contributed by atoms with Gasteiger partial charge in [0.25, 0.3) is 11.8 Å². The van der Waals surface area contributed by atoms with E-state index in [2.05, 4.69) is 10.3 Å². The van der Waals surface area contributed by atoms with E-state index in [1.165, 1.54) is 11.8 Å². The maximum Gasteiger partial charge on any atom is 0.261 e. The Balaban J connectivity index is 1.48. The van der Waals surface area contributed by atoms with Crippen molar-refractivity contribution < 1.29 is 9.59 Å². The molecule has 0 bridgehead atoms. The Morgan fingerprint density at radius 2 is 2.11 bits per heavy atom. The van der Waals surface area contributed by atoms with Gasteiger partial charge in [0.05, 0.1) is 17.8 Å². The molecule has 3 aromatic rings. The average Bonchev–Trinajstić information content (AvgIpc) is 3.42. The first-order chi connectivity index (χ1) is 13.7. The molecule has 7 heteroatoms. The highest BCUT2D eigenvalue weighted by atomic mass is 32.2. The van der Waals surface area contributed by atoms with Crippen molar-refractivity contribution in [2.45, 2.75) is 35.3 Å². The number of aromatic nitrogens is 1. The van der Waals surface area contributed by atoms with Crippen molar-refractivity contribution in [3.8, 4) is 0 Å². The molecule has 2 aromatic heterocycles. The molecule has 0 unspecified atom stereocenters. The van der Waals surface area contributed by atoms with Crippen molar-refractivity contribution in [2.75, 3.05) is 4.90 Å². The largest absolute Gasteiger partial charge is 0.347 e. The summed E-state index contributed by atoms with van der Waals surface area (Å²) in [7, 11) is 0. The second-order valence-corrected chi connectivity index (χ2v) is 8.87. The van der Waals surface area contributed by atoms with Gasteiger partial charge in [-0.15, -0.1) is 11.3 Å². The first-order valence-electron chi connectivity index (χ1n) is 9.12. The van der Waals surface area contributed by atoms with Crippen LogP contribution in [0.5, 0.6) is 0 Å². The molecule has 1 saturated carbocycles. The van der Waals surface area contributed by atoms with Crippen molar-refractivity contribution in [3.05, 3.63) is 70.0 Å². The zero-order chi connectivity index (χ0) is 19.1. The molecule has 3 heterocycles. The summed E-state index contributed by atoms with van der Waals surface area (Å²) in [5.74, 6) is -0.127. The van der Waals surface area contributed by atoms with Crippen LogP contribution in [0, 0.1) is 0 Å². The van der Waals surface area contributed by atoms with Gasteiger partial charge in [0, 0.05) is 27.6 Å². The number of thiophene rings is 1. The van der Waals surface area contributed by atoms with Crippen molar-refractivity contribution in [1.29, 1.82) is 0 Å². The Morgan fingerprint density at radius 1 is 1.21 bits per heavy atom. The number of carbonyl (C=O) groups excluding carboxylic acids is 2. The van der Waals surface area contributed by atoms with Crippen LogP contribution in [-0.4, -0.2) is 22.8 Å². The molecule has 0 atom stereocenters. The van der Waals surface area contributed by atoms with Crippen LogP contribution in [0.4, 0.5) is 5.69 Å². The third-order valence-corrected chi connectivity index (χ3v) is 6.77. The van der Waals surface area contributed by atoms with Crippen LogP contribution < -0.4 is 10.2 Å². The molecule has 28 heavy (non-hydrogen) atoms. The molecular weight excluding hydrogens is 390 g/mol. The van der Waals surface area contributed by atoms with E-state index in [0.717, 1.165) is 28.3 Å². The lowest BCUT2D eigenvalue weighted by molar-refractivity contribution is 0.0950. The number of hydrogen-bond donors (Lipinski definition) is 1. The number of rotatable bonds is 4. The van der Waals surface area contributed by atoms with E-state index in [0.29, 0.717) is 22.7 Å². The Bertz CT molecular complexity index is 1060. The highest BCUT2D eigenvalue weighted by Crippen LogP contribution is 2.44. The average molecular weight is 408 g/mol. The summed E-state index contributed by atoms with van der Waals surface area (Å²) in [5, 5.41) is 5.65. The van der Waals surface area contributed by atoms with Crippen molar-refractivity contribution in [1.82, 2.24) is 10.3 Å². The molecule has 1 aliphatic heterocycles. The molecule has 2 aliphatic rings. The SMILES string of the molecule is O=C(NCc1cccs1)c1ccc2c(c1)Sc1ncccc1C(=O)N2C1CC1. The van der Waals surface area contributed by atoms with E-state index < -0.39 is 0 Å². The van der Waals surface area contributed by atoms with Gasteiger partial charge in [0.2, 0.25) is 0 Å². The minimum absolute atomic E-state index is 0.00764. The predicted octanol–water partition coefficient (Wildman–Crippen LogP) is 4.35. The summed E-state index contributed by atoms with van der Waals surface area (Å²) in [6, 6.07) is 13.4. The lowest BCUT2D eigenvalue weighted by Gasteiger charge is -2.22. The highest BCUT2D eigenvalue weighted by molar-refractivity contribution is 7.99. The minimum atomic E-state index is -0.119. The molecule has 140 valence electrons. The lowest BCUT2D eigenvalue weighted by Crippen LogP contribution is -2.33. The quantitative estimate of drug-likeness (QED) is 0.699. The molecule has 1 N–H and O–H groups in total. The van der Waals surface area contributed by atoms with Crippen LogP contribution >= 0.6 is 23.1 Å². The van der Waals surface area contributed by atoms with Gasteiger partial charge in [0.1, 0.15) is 5.03 Å². The number of fused-ring (bicyclic) bond motifs is 2. The Morgan fingerprint density at radius 3 is 2.89 bits per heavy atom. The van der Waals surface area contributed by atoms with E-state index in [9.17, 15) is 9.59 Å². The number of amides is 2.